The quantitative estimate of drug-likeness (QED) is 0.742. The monoisotopic (exact) mass is 238 g/mol. The maximum atomic E-state index is 12.0. The zero-order valence-electron chi connectivity index (χ0n) is 9.38. The maximum Gasteiger partial charge on any atom is 0.264 e. The molecule has 5 nitrogen and oxygen atoms in total. The summed E-state index contributed by atoms with van der Waals surface area (Å²) in [4.78, 5) is 16.2. The van der Waals surface area contributed by atoms with Gasteiger partial charge in [0.2, 0.25) is 0 Å². The molecule has 2 aromatic heterocycles. The molecule has 0 aliphatic heterocycles. The van der Waals surface area contributed by atoms with Gasteiger partial charge in [-0.1, -0.05) is 0 Å². The number of aromatic nitrogens is 4. The van der Waals surface area contributed by atoms with E-state index in [2.05, 4.69) is 16.3 Å². The summed E-state index contributed by atoms with van der Waals surface area (Å²) in [7, 11) is 1.78. The van der Waals surface area contributed by atoms with E-state index in [1.54, 1.807) is 40.6 Å². The summed E-state index contributed by atoms with van der Waals surface area (Å²) >= 11 is 1.78. The third-order valence-corrected chi connectivity index (χ3v) is 3.16. The average Bonchev–Trinajstić information content (AvgIpc) is 2.65. The molecule has 0 saturated carbocycles. The Labute approximate surface area is 97.5 Å². The van der Waals surface area contributed by atoms with E-state index in [9.17, 15) is 4.79 Å². The van der Waals surface area contributed by atoms with Crippen molar-refractivity contribution in [1.29, 1.82) is 0 Å². The van der Waals surface area contributed by atoms with Gasteiger partial charge in [-0.05, 0) is 18.4 Å². The van der Waals surface area contributed by atoms with Crippen LogP contribution in [0.2, 0.25) is 0 Å². The fraction of sp³-hybridized carbons (Fsp3) is 0.500. The number of hydrogen-bond donors (Lipinski definition) is 0. The number of rotatable bonds is 4. The van der Waals surface area contributed by atoms with Crippen LogP contribution in [0.25, 0.3) is 11.0 Å². The van der Waals surface area contributed by atoms with Gasteiger partial charge in [0.05, 0.1) is 12.5 Å². The molecule has 2 rings (SSSR count). The van der Waals surface area contributed by atoms with Gasteiger partial charge in [0, 0.05) is 13.6 Å². The minimum absolute atomic E-state index is 0.000738. The number of aryl methyl sites for hydroxylation is 2. The predicted molar refractivity (Wildman–Crippen MR) is 65.8 cm³/mol. The lowest BCUT2D eigenvalue weighted by atomic mass is 10.4. The minimum atomic E-state index is -0.000738. The standard InChI is InChI=1S/C10H14N4OS/c1-13-9-8(6-12-13)10(15)14(7-11-9)4-3-5-16-2/h6-7H,3-5H2,1-2H3. The molecule has 0 unspecified atom stereocenters. The molecule has 16 heavy (non-hydrogen) atoms. The predicted octanol–water partition coefficient (Wildman–Crippen LogP) is 0.883. The number of thioether (sulfide) groups is 1. The average molecular weight is 238 g/mol. The zero-order chi connectivity index (χ0) is 11.5. The number of fused-ring (bicyclic) bond motifs is 1. The van der Waals surface area contributed by atoms with Gasteiger partial charge in [0.15, 0.2) is 5.65 Å². The molecular formula is C10H14N4OS. The van der Waals surface area contributed by atoms with Crippen molar-refractivity contribution in [1.82, 2.24) is 19.3 Å². The largest absolute Gasteiger partial charge is 0.299 e. The van der Waals surface area contributed by atoms with Crippen LogP contribution in [0.15, 0.2) is 17.3 Å². The molecule has 0 aliphatic carbocycles. The van der Waals surface area contributed by atoms with E-state index >= 15 is 0 Å². The van der Waals surface area contributed by atoms with Gasteiger partial charge in [-0.2, -0.15) is 16.9 Å². The van der Waals surface area contributed by atoms with E-state index in [4.69, 9.17) is 0 Å². The molecule has 0 radical (unpaired) electrons. The Hall–Kier alpha value is -1.30. The van der Waals surface area contributed by atoms with Gasteiger partial charge < -0.3 is 0 Å². The molecule has 0 atom stereocenters. The Balaban J connectivity index is 2.34. The van der Waals surface area contributed by atoms with E-state index in [1.807, 2.05) is 0 Å². The normalized spacial score (nSPS) is 11.1. The van der Waals surface area contributed by atoms with Crippen LogP contribution in [0, 0.1) is 0 Å². The lowest BCUT2D eigenvalue weighted by Crippen LogP contribution is -2.20. The van der Waals surface area contributed by atoms with Crippen LogP contribution in [-0.4, -0.2) is 31.3 Å². The Bertz CT molecular complexity index is 545. The molecule has 0 N–H and O–H groups in total. The van der Waals surface area contributed by atoms with E-state index in [-0.39, 0.29) is 5.56 Å². The highest BCUT2D eigenvalue weighted by Gasteiger charge is 2.07. The van der Waals surface area contributed by atoms with Crippen LogP contribution in [0.3, 0.4) is 0 Å². The highest BCUT2D eigenvalue weighted by atomic mass is 32.2. The van der Waals surface area contributed by atoms with Gasteiger partial charge >= 0.3 is 0 Å². The summed E-state index contributed by atoms with van der Waals surface area (Å²) in [6, 6.07) is 0. The second-order valence-corrected chi connectivity index (χ2v) is 4.58. The number of hydrogen-bond acceptors (Lipinski definition) is 4. The van der Waals surface area contributed by atoms with Crippen molar-refractivity contribution in [2.24, 2.45) is 7.05 Å². The van der Waals surface area contributed by atoms with Crippen molar-refractivity contribution in [2.75, 3.05) is 12.0 Å². The summed E-state index contributed by atoms with van der Waals surface area (Å²) in [6.45, 7) is 0.720. The molecule has 0 fully saturated rings. The third-order valence-electron chi connectivity index (χ3n) is 2.47. The van der Waals surface area contributed by atoms with Crippen LogP contribution in [0.4, 0.5) is 0 Å². The highest BCUT2D eigenvalue weighted by Crippen LogP contribution is 2.04. The number of nitrogens with zero attached hydrogens (tertiary/aromatic N) is 4. The van der Waals surface area contributed by atoms with Crippen molar-refractivity contribution in [3.8, 4) is 0 Å². The first-order valence-electron chi connectivity index (χ1n) is 5.10. The summed E-state index contributed by atoms with van der Waals surface area (Å²) < 4.78 is 3.27. The Morgan fingerprint density at radius 2 is 2.31 bits per heavy atom. The van der Waals surface area contributed by atoms with Crippen molar-refractivity contribution in [2.45, 2.75) is 13.0 Å². The molecule has 6 heteroatoms. The fourth-order valence-corrected chi connectivity index (χ4v) is 2.02. The summed E-state index contributed by atoms with van der Waals surface area (Å²) in [5.74, 6) is 1.05. The van der Waals surface area contributed by atoms with Crippen molar-refractivity contribution >= 4 is 22.8 Å². The molecule has 0 amide bonds. The van der Waals surface area contributed by atoms with E-state index in [0.29, 0.717) is 11.0 Å². The fourth-order valence-electron chi connectivity index (χ4n) is 1.61. The first-order chi connectivity index (χ1) is 7.74. The molecule has 0 saturated heterocycles. The maximum absolute atomic E-state index is 12.0. The molecule has 2 aromatic rings. The Morgan fingerprint density at radius 3 is 3.06 bits per heavy atom. The van der Waals surface area contributed by atoms with E-state index in [1.165, 1.54) is 0 Å². The molecule has 0 bridgehead atoms. The van der Waals surface area contributed by atoms with Crippen LogP contribution in [-0.2, 0) is 13.6 Å². The Morgan fingerprint density at radius 1 is 1.50 bits per heavy atom. The summed E-state index contributed by atoms with van der Waals surface area (Å²) in [5, 5.41) is 4.62. The lowest BCUT2D eigenvalue weighted by molar-refractivity contribution is 0.650. The second-order valence-electron chi connectivity index (χ2n) is 3.59. The lowest BCUT2D eigenvalue weighted by Gasteiger charge is -2.03. The first kappa shape index (κ1) is 11.2. The molecule has 86 valence electrons. The molecule has 0 aliphatic rings. The second kappa shape index (κ2) is 4.69. The van der Waals surface area contributed by atoms with E-state index in [0.717, 1.165) is 18.7 Å². The molecular weight excluding hydrogens is 224 g/mol. The van der Waals surface area contributed by atoms with Gasteiger partial charge in [0.1, 0.15) is 5.39 Å². The van der Waals surface area contributed by atoms with E-state index < -0.39 is 0 Å². The summed E-state index contributed by atoms with van der Waals surface area (Å²) in [6.07, 6.45) is 6.22. The van der Waals surface area contributed by atoms with Gasteiger partial charge in [-0.15, -0.1) is 0 Å². The smallest absolute Gasteiger partial charge is 0.264 e. The minimum Gasteiger partial charge on any atom is -0.299 e. The van der Waals surface area contributed by atoms with Crippen LogP contribution < -0.4 is 5.56 Å². The van der Waals surface area contributed by atoms with Crippen LogP contribution in [0.5, 0.6) is 0 Å². The zero-order valence-corrected chi connectivity index (χ0v) is 10.2. The van der Waals surface area contributed by atoms with Crippen molar-refractivity contribution in [3.63, 3.8) is 0 Å². The molecule has 0 spiro atoms. The van der Waals surface area contributed by atoms with Gasteiger partial charge in [-0.3, -0.25) is 14.0 Å². The van der Waals surface area contributed by atoms with Crippen LogP contribution in [0.1, 0.15) is 6.42 Å². The Kier molecular flexibility index (Phi) is 3.28. The van der Waals surface area contributed by atoms with Crippen molar-refractivity contribution in [3.05, 3.63) is 22.9 Å². The highest BCUT2D eigenvalue weighted by molar-refractivity contribution is 7.98. The van der Waals surface area contributed by atoms with Crippen LogP contribution >= 0.6 is 11.8 Å². The SMILES string of the molecule is CSCCCn1cnc2c(cnn2C)c1=O. The van der Waals surface area contributed by atoms with Crippen molar-refractivity contribution < 1.29 is 0 Å². The van der Waals surface area contributed by atoms with Gasteiger partial charge in [-0.25, -0.2) is 4.98 Å². The first-order valence-corrected chi connectivity index (χ1v) is 6.49. The summed E-state index contributed by atoms with van der Waals surface area (Å²) in [5.41, 5.74) is 0.644. The molecule has 0 aromatic carbocycles. The molecule has 2 heterocycles. The topological polar surface area (TPSA) is 52.7 Å². The third kappa shape index (κ3) is 1.97. The van der Waals surface area contributed by atoms with Gasteiger partial charge in [0.25, 0.3) is 5.56 Å².